The van der Waals surface area contributed by atoms with Gasteiger partial charge in [0, 0.05) is 6.04 Å². The van der Waals surface area contributed by atoms with Crippen molar-refractivity contribution in [3.63, 3.8) is 0 Å². The molecular weight excluding hydrogens is 193 g/mol. The first-order valence-corrected chi connectivity index (χ1v) is 5.44. The van der Waals surface area contributed by atoms with Crippen LogP contribution in [0.1, 0.15) is 30.9 Å². The fourth-order valence-corrected chi connectivity index (χ4v) is 2.04. The van der Waals surface area contributed by atoms with Crippen LogP contribution in [-0.4, -0.2) is 17.7 Å². The number of rotatable bonds is 2. The van der Waals surface area contributed by atoms with Gasteiger partial charge in [0.1, 0.15) is 5.82 Å². The quantitative estimate of drug-likeness (QED) is 0.780. The number of piperidine rings is 1. The molecule has 0 spiro atoms. The predicted octanol–water partition coefficient (Wildman–Crippen LogP) is 2.00. The minimum Gasteiger partial charge on any atom is -0.387 e. The van der Waals surface area contributed by atoms with Crippen LogP contribution in [0.3, 0.4) is 0 Å². The van der Waals surface area contributed by atoms with Gasteiger partial charge in [-0.1, -0.05) is 18.6 Å². The summed E-state index contributed by atoms with van der Waals surface area (Å²) in [6.07, 6.45) is 2.78. The van der Waals surface area contributed by atoms with E-state index in [9.17, 15) is 9.50 Å². The number of aliphatic hydroxyl groups excluding tert-OH is 1. The van der Waals surface area contributed by atoms with E-state index in [1.165, 1.54) is 18.6 Å². The third-order valence-corrected chi connectivity index (χ3v) is 2.94. The van der Waals surface area contributed by atoms with Crippen LogP contribution < -0.4 is 5.32 Å². The van der Waals surface area contributed by atoms with Gasteiger partial charge in [-0.2, -0.15) is 0 Å². The summed E-state index contributed by atoms with van der Waals surface area (Å²) in [5.41, 5.74) is 0.788. The molecule has 1 aromatic rings. The van der Waals surface area contributed by atoms with Gasteiger partial charge in [-0.25, -0.2) is 4.39 Å². The van der Waals surface area contributed by atoms with Gasteiger partial charge in [0.25, 0.3) is 0 Å². The highest BCUT2D eigenvalue weighted by atomic mass is 19.1. The second-order valence-corrected chi connectivity index (χ2v) is 4.05. The normalized spacial score (nSPS) is 23.7. The lowest BCUT2D eigenvalue weighted by molar-refractivity contribution is 0.114. The van der Waals surface area contributed by atoms with E-state index in [4.69, 9.17) is 0 Å². The number of aliphatic hydroxyl groups is 1. The van der Waals surface area contributed by atoms with Crippen LogP contribution in [0.5, 0.6) is 0 Å². The average Bonchev–Trinajstić information content (AvgIpc) is 2.30. The molecular formula is C12H16FNO. The number of halogens is 1. The summed E-state index contributed by atoms with van der Waals surface area (Å²) >= 11 is 0. The lowest BCUT2D eigenvalue weighted by atomic mass is 9.95. The van der Waals surface area contributed by atoms with E-state index in [1.807, 2.05) is 0 Å². The minimum atomic E-state index is -0.522. The van der Waals surface area contributed by atoms with Crippen molar-refractivity contribution >= 4 is 0 Å². The highest BCUT2D eigenvalue weighted by molar-refractivity contribution is 5.20. The lowest BCUT2D eigenvalue weighted by Crippen LogP contribution is -2.38. The van der Waals surface area contributed by atoms with E-state index in [-0.39, 0.29) is 11.9 Å². The van der Waals surface area contributed by atoms with Crippen molar-refractivity contribution in [1.29, 1.82) is 0 Å². The molecule has 1 aromatic carbocycles. The highest BCUT2D eigenvalue weighted by Crippen LogP contribution is 2.22. The summed E-state index contributed by atoms with van der Waals surface area (Å²) in [5.74, 6) is -0.262. The SMILES string of the molecule is OC(c1ccc(F)cc1)C1CCCCN1. The molecule has 82 valence electrons. The molecule has 0 aliphatic carbocycles. The lowest BCUT2D eigenvalue weighted by Gasteiger charge is -2.28. The summed E-state index contributed by atoms with van der Waals surface area (Å²) in [6, 6.07) is 6.19. The molecule has 1 heterocycles. The third kappa shape index (κ3) is 2.55. The van der Waals surface area contributed by atoms with Gasteiger partial charge in [0.15, 0.2) is 0 Å². The second-order valence-electron chi connectivity index (χ2n) is 4.05. The Morgan fingerprint density at radius 1 is 1.27 bits per heavy atom. The van der Waals surface area contributed by atoms with Crippen LogP contribution in [0.4, 0.5) is 4.39 Å². The summed E-state index contributed by atoms with van der Waals surface area (Å²) in [5, 5.41) is 13.3. The van der Waals surface area contributed by atoms with Gasteiger partial charge in [0.05, 0.1) is 6.10 Å². The van der Waals surface area contributed by atoms with Gasteiger partial charge in [-0.3, -0.25) is 0 Å². The molecule has 0 amide bonds. The number of benzene rings is 1. The molecule has 0 aromatic heterocycles. The van der Waals surface area contributed by atoms with Crippen LogP contribution in [0.2, 0.25) is 0 Å². The molecule has 0 radical (unpaired) electrons. The van der Waals surface area contributed by atoms with E-state index in [0.717, 1.165) is 24.9 Å². The number of nitrogens with one attached hydrogen (secondary N) is 1. The fraction of sp³-hybridized carbons (Fsp3) is 0.500. The fourth-order valence-electron chi connectivity index (χ4n) is 2.04. The maximum Gasteiger partial charge on any atom is 0.123 e. The zero-order valence-electron chi connectivity index (χ0n) is 8.62. The zero-order chi connectivity index (χ0) is 10.7. The molecule has 2 N–H and O–H groups in total. The van der Waals surface area contributed by atoms with Crippen molar-refractivity contribution in [3.05, 3.63) is 35.6 Å². The van der Waals surface area contributed by atoms with Crippen molar-refractivity contribution in [1.82, 2.24) is 5.32 Å². The molecule has 0 bridgehead atoms. The highest BCUT2D eigenvalue weighted by Gasteiger charge is 2.22. The van der Waals surface area contributed by atoms with Crippen LogP contribution in [0, 0.1) is 5.82 Å². The first-order valence-electron chi connectivity index (χ1n) is 5.44. The largest absolute Gasteiger partial charge is 0.387 e. The van der Waals surface area contributed by atoms with Crippen molar-refractivity contribution < 1.29 is 9.50 Å². The van der Waals surface area contributed by atoms with Crippen molar-refractivity contribution in [2.24, 2.45) is 0 Å². The number of hydrogen-bond acceptors (Lipinski definition) is 2. The Labute approximate surface area is 89.1 Å². The Hall–Kier alpha value is -0.930. The molecule has 2 nitrogen and oxygen atoms in total. The van der Waals surface area contributed by atoms with Gasteiger partial charge in [-0.15, -0.1) is 0 Å². The maximum atomic E-state index is 12.7. The van der Waals surface area contributed by atoms with Gasteiger partial charge in [0.2, 0.25) is 0 Å². The van der Waals surface area contributed by atoms with Crippen LogP contribution in [0.15, 0.2) is 24.3 Å². The van der Waals surface area contributed by atoms with E-state index < -0.39 is 6.10 Å². The van der Waals surface area contributed by atoms with Crippen molar-refractivity contribution in [2.75, 3.05) is 6.54 Å². The van der Waals surface area contributed by atoms with E-state index in [2.05, 4.69) is 5.32 Å². The molecule has 2 unspecified atom stereocenters. The number of hydrogen-bond donors (Lipinski definition) is 2. The monoisotopic (exact) mass is 209 g/mol. The summed E-state index contributed by atoms with van der Waals surface area (Å²) in [6.45, 7) is 0.961. The van der Waals surface area contributed by atoms with Crippen molar-refractivity contribution in [3.8, 4) is 0 Å². The first kappa shape index (κ1) is 10.6. The first-order chi connectivity index (χ1) is 7.27. The molecule has 3 heteroatoms. The Kier molecular flexibility index (Phi) is 3.34. The zero-order valence-corrected chi connectivity index (χ0v) is 8.62. The molecule has 0 saturated carbocycles. The molecule has 1 aliphatic rings. The third-order valence-electron chi connectivity index (χ3n) is 2.94. The minimum absolute atomic E-state index is 0.115. The Bertz CT molecular complexity index is 306. The summed E-state index contributed by atoms with van der Waals surface area (Å²) in [4.78, 5) is 0. The average molecular weight is 209 g/mol. The summed E-state index contributed by atoms with van der Waals surface area (Å²) in [7, 11) is 0. The van der Waals surface area contributed by atoms with E-state index in [1.54, 1.807) is 12.1 Å². The molecule has 15 heavy (non-hydrogen) atoms. The standard InChI is InChI=1S/C12H16FNO/c13-10-6-4-9(5-7-10)12(15)11-3-1-2-8-14-11/h4-7,11-12,14-15H,1-3,8H2. The molecule has 1 saturated heterocycles. The molecule has 1 aliphatic heterocycles. The smallest absolute Gasteiger partial charge is 0.123 e. The van der Waals surface area contributed by atoms with Crippen LogP contribution >= 0.6 is 0 Å². The van der Waals surface area contributed by atoms with E-state index >= 15 is 0 Å². The molecule has 2 rings (SSSR count). The van der Waals surface area contributed by atoms with E-state index in [0.29, 0.717) is 0 Å². The second kappa shape index (κ2) is 4.73. The van der Waals surface area contributed by atoms with Crippen LogP contribution in [0.25, 0.3) is 0 Å². The Morgan fingerprint density at radius 3 is 2.60 bits per heavy atom. The molecule has 2 atom stereocenters. The Morgan fingerprint density at radius 2 is 2.00 bits per heavy atom. The predicted molar refractivity (Wildman–Crippen MR) is 57.0 cm³/mol. The van der Waals surface area contributed by atoms with Crippen LogP contribution in [-0.2, 0) is 0 Å². The Balaban J connectivity index is 2.05. The molecule has 1 fully saturated rings. The van der Waals surface area contributed by atoms with Gasteiger partial charge in [-0.05, 0) is 37.1 Å². The topological polar surface area (TPSA) is 32.3 Å². The van der Waals surface area contributed by atoms with Gasteiger partial charge >= 0.3 is 0 Å². The van der Waals surface area contributed by atoms with Gasteiger partial charge < -0.3 is 10.4 Å². The maximum absolute atomic E-state index is 12.7. The summed E-state index contributed by atoms with van der Waals surface area (Å²) < 4.78 is 12.7. The van der Waals surface area contributed by atoms with Crippen molar-refractivity contribution in [2.45, 2.75) is 31.4 Å².